The zero-order valence-corrected chi connectivity index (χ0v) is 16.2. The number of amides is 1. The molecule has 0 unspecified atom stereocenters. The fourth-order valence-corrected chi connectivity index (χ4v) is 2.62. The predicted molar refractivity (Wildman–Crippen MR) is 103 cm³/mol. The summed E-state index contributed by atoms with van der Waals surface area (Å²) in [5.74, 6) is -0.832. The SMILES string of the molecule is CCOC(=O)C(=O)Nc1cc(C)c(Oc2ccc(O)c(C(C)C)c2)c(C#N)c1. The van der Waals surface area contributed by atoms with Gasteiger partial charge in [-0.1, -0.05) is 13.8 Å². The molecule has 28 heavy (non-hydrogen) atoms. The number of aryl methyl sites for hydroxylation is 1. The second kappa shape index (κ2) is 8.91. The molecule has 0 aromatic heterocycles. The Morgan fingerprint density at radius 2 is 1.96 bits per heavy atom. The van der Waals surface area contributed by atoms with E-state index in [4.69, 9.17) is 4.74 Å². The lowest BCUT2D eigenvalue weighted by molar-refractivity contribution is -0.152. The molecule has 1 amide bonds. The quantitative estimate of drug-likeness (QED) is 0.598. The summed E-state index contributed by atoms with van der Waals surface area (Å²) >= 11 is 0. The lowest BCUT2D eigenvalue weighted by Crippen LogP contribution is -2.25. The number of nitrogens with one attached hydrogen (secondary N) is 1. The van der Waals surface area contributed by atoms with Gasteiger partial charge in [-0.15, -0.1) is 0 Å². The minimum Gasteiger partial charge on any atom is -0.508 e. The third-order valence-corrected chi connectivity index (χ3v) is 3.95. The summed E-state index contributed by atoms with van der Waals surface area (Å²) in [4.78, 5) is 23.3. The number of esters is 1. The molecule has 2 aromatic rings. The smallest absolute Gasteiger partial charge is 0.397 e. The van der Waals surface area contributed by atoms with Crippen LogP contribution in [0.5, 0.6) is 17.2 Å². The van der Waals surface area contributed by atoms with Crippen LogP contribution < -0.4 is 10.1 Å². The first-order valence-corrected chi connectivity index (χ1v) is 8.80. The summed E-state index contributed by atoms with van der Waals surface area (Å²) in [5, 5.41) is 21.8. The molecule has 2 N–H and O–H groups in total. The van der Waals surface area contributed by atoms with Crippen LogP contribution in [0.15, 0.2) is 30.3 Å². The van der Waals surface area contributed by atoms with Gasteiger partial charge in [0.05, 0.1) is 12.2 Å². The van der Waals surface area contributed by atoms with Crippen LogP contribution in [0.25, 0.3) is 0 Å². The van der Waals surface area contributed by atoms with Crippen molar-refractivity contribution >= 4 is 17.6 Å². The number of rotatable bonds is 5. The zero-order valence-electron chi connectivity index (χ0n) is 16.2. The molecule has 7 heteroatoms. The molecule has 0 fully saturated rings. The third kappa shape index (κ3) is 4.80. The van der Waals surface area contributed by atoms with Crippen molar-refractivity contribution < 1.29 is 24.2 Å². The third-order valence-electron chi connectivity index (χ3n) is 3.95. The first-order chi connectivity index (χ1) is 13.3. The van der Waals surface area contributed by atoms with Crippen molar-refractivity contribution in [1.82, 2.24) is 0 Å². The molecule has 0 saturated heterocycles. The van der Waals surface area contributed by atoms with Crippen molar-refractivity contribution in [3.05, 3.63) is 47.0 Å². The lowest BCUT2D eigenvalue weighted by atomic mass is 10.0. The van der Waals surface area contributed by atoms with Gasteiger partial charge < -0.3 is 19.9 Å². The molecule has 2 aromatic carbocycles. The first-order valence-electron chi connectivity index (χ1n) is 8.80. The number of benzene rings is 2. The highest BCUT2D eigenvalue weighted by Gasteiger charge is 2.18. The predicted octanol–water partition coefficient (Wildman–Crippen LogP) is 3.99. The molecule has 146 valence electrons. The average molecular weight is 382 g/mol. The number of phenols is 1. The standard InChI is InChI=1S/C21H22N2O5/c1-5-27-21(26)20(25)23-15-8-13(4)19(14(9-15)11-22)28-16-6-7-18(24)17(10-16)12(2)3/h6-10,12,24H,5H2,1-4H3,(H,23,25). The Labute approximate surface area is 163 Å². The fraction of sp³-hybridized carbons (Fsp3) is 0.286. The molecular formula is C21H22N2O5. The van der Waals surface area contributed by atoms with Gasteiger partial charge in [0.2, 0.25) is 0 Å². The van der Waals surface area contributed by atoms with Gasteiger partial charge in [0.1, 0.15) is 23.3 Å². The van der Waals surface area contributed by atoms with Gasteiger partial charge in [0.15, 0.2) is 0 Å². The Hall–Kier alpha value is -3.53. The van der Waals surface area contributed by atoms with Crippen LogP contribution >= 0.6 is 0 Å². The van der Waals surface area contributed by atoms with E-state index in [1.165, 1.54) is 6.07 Å². The summed E-state index contributed by atoms with van der Waals surface area (Å²) in [5.41, 5.74) is 1.80. The van der Waals surface area contributed by atoms with Gasteiger partial charge >= 0.3 is 11.9 Å². The molecule has 0 saturated carbocycles. The average Bonchev–Trinajstić information content (AvgIpc) is 2.64. The number of carbonyl (C=O) groups is 2. The highest BCUT2D eigenvalue weighted by Crippen LogP contribution is 2.35. The van der Waals surface area contributed by atoms with E-state index in [1.54, 1.807) is 38.1 Å². The van der Waals surface area contributed by atoms with Crippen molar-refractivity contribution in [2.75, 3.05) is 11.9 Å². The Morgan fingerprint density at radius 3 is 2.57 bits per heavy atom. The number of nitriles is 1. The maximum Gasteiger partial charge on any atom is 0.397 e. The largest absolute Gasteiger partial charge is 0.508 e. The zero-order chi connectivity index (χ0) is 20.8. The highest BCUT2D eigenvalue weighted by molar-refractivity contribution is 6.37. The van der Waals surface area contributed by atoms with Gasteiger partial charge in [0.25, 0.3) is 0 Å². The molecule has 0 aliphatic heterocycles. The van der Waals surface area contributed by atoms with E-state index in [0.717, 1.165) is 5.56 Å². The highest BCUT2D eigenvalue weighted by atomic mass is 16.5. The van der Waals surface area contributed by atoms with Crippen LogP contribution in [0.1, 0.15) is 43.4 Å². The molecular weight excluding hydrogens is 360 g/mol. The van der Waals surface area contributed by atoms with Crippen LogP contribution in [-0.4, -0.2) is 23.6 Å². The lowest BCUT2D eigenvalue weighted by Gasteiger charge is -2.15. The molecule has 7 nitrogen and oxygen atoms in total. The summed E-state index contributed by atoms with van der Waals surface area (Å²) < 4.78 is 10.5. The van der Waals surface area contributed by atoms with Crippen molar-refractivity contribution in [3.8, 4) is 23.3 Å². The number of phenolic OH excluding ortho intramolecular Hbond substituents is 1. The maximum atomic E-state index is 11.8. The van der Waals surface area contributed by atoms with E-state index in [2.05, 4.69) is 10.1 Å². The van der Waals surface area contributed by atoms with E-state index < -0.39 is 11.9 Å². The van der Waals surface area contributed by atoms with Crippen LogP contribution in [0, 0.1) is 18.3 Å². The fourth-order valence-electron chi connectivity index (χ4n) is 2.62. The van der Waals surface area contributed by atoms with Gasteiger partial charge in [-0.25, -0.2) is 4.79 Å². The minimum absolute atomic E-state index is 0.0898. The van der Waals surface area contributed by atoms with Gasteiger partial charge in [-0.2, -0.15) is 5.26 Å². The van der Waals surface area contributed by atoms with Crippen molar-refractivity contribution in [2.45, 2.75) is 33.6 Å². The number of aromatic hydroxyl groups is 1. The summed E-state index contributed by atoms with van der Waals surface area (Å²) in [6, 6.07) is 9.92. The van der Waals surface area contributed by atoms with E-state index in [9.17, 15) is 20.0 Å². The van der Waals surface area contributed by atoms with Crippen LogP contribution in [0.2, 0.25) is 0 Å². The molecule has 0 bridgehead atoms. The molecule has 2 rings (SSSR count). The Balaban J connectivity index is 2.32. The number of anilines is 1. The topological polar surface area (TPSA) is 109 Å². The number of nitrogens with zero attached hydrogens (tertiary/aromatic N) is 1. The molecule has 0 spiro atoms. The summed E-state index contributed by atoms with van der Waals surface area (Å²) in [6.07, 6.45) is 0. The first kappa shape index (κ1) is 20.8. The van der Waals surface area contributed by atoms with Gasteiger partial charge in [0, 0.05) is 11.3 Å². The molecule has 0 aliphatic carbocycles. The molecule has 0 aliphatic rings. The number of hydrogen-bond donors (Lipinski definition) is 2. The van der Waals surface area contributed by atoms with Crippen LogP contribution in [-0.2, 0) is 14.3 Å². The van der Waals surface area contributed by atoms with Crippen molar-refractivity contribution in [3.63, 3.8) is 0 Å². The number of ether oxygens (including phenoxy) is 2. The minimum atomic E-state index is -0.996. The number of carbonyl (C=O) groups excluding carboxylic acids is 2. The van der Waals surface area contributed by atoms with Crippen molar-refractivity contribution in [2.24, 2.45) is 0 Å². The maximum absolute atomic E-state index is 11.8. The van der Waals surface area contributed by atoms with E-state index in [0.29, 0.717) is 17.1 Å². The van der Waals surface area contributed by atoms with E-state index in [1.807, 2.05) is 19.9 Å². The molecule has 0 heterocycles. The Bertz CT molecular complexity index is 945. The number of hydrogen-bond acceptors (Lipinski definition) is 6. The molecule has 0 radical (unpaired) electrons. The summed E-state index contributed by atoms with van der Waals surface area (Å²) in [7, 11) is 0. The second-order valence-corrected chi connectivity index (χ2v) is 6.43. The molecule has 0 atom stereocenters. The van der Waals surface area contributed by atoms with E-state index in [-0.39, 0.29) is 29.5 Å². The monoisotopic (exact) mass is 382 g/mol. The van der Waals surface area contributed by atoms with E-state index >= 15 is 0 Å². The normalized spacial score (nSPS) is 10.3. The van der Waals surface area contributed by atoms with Gasteiger partial charge in [-0.05, 0) is 55.7 Å². The second-order valence-electron chi connectivity index (χ2n) is 6.43. The summed E-state index contributed by atoms with van der Waals surface area (Å²) in [6.45, 7) is 7.31. The Morgan fingerprint density at radius 1 is 1.25 bits per heavy atom. The Kier molecular flexibility index (Phi) is 6.61. The van der Waals surface area contributed by atoms with Crippen LogP contribution in [0.4, 0.5) is 5.69 Å². The van der Waals surface area contributed by atoms with Crippen molar-refractivity contribution in [1.29, 1.82) is 5.26 Å². The van der Waals surface area contributed by atoms with Crippen LogP contribution in [0.3, 0.4) is 0 Å². The van der Waals surface area contributed by atoms with Gasteiger partial charge in [-0.3, -0.25) is 4.79 Å².